The number of carbonyl (C=O) groups excluding carboxylic acids is 1. The van der Waals surface area contributed by atoms with Crippen LogP contribution in [-0.4, -0.2) is 49.0 Å². The van der Waals surface area contributed by atoms with Crippen LogP contribution in [0.25, 0.3) is 0 Å². The van der Waals surface area contributed by atoms with Gasteiger partial charge in [-0.2, -0.15) is 0 Å². The molecule has 1 fully saturated rings. The zero-order valence-electron chi connectivity index (χ0n) is 8.99. The Labute approximate surface area is 85.5 Å². The van der Waals surface area contributed by atoms with Crippen LogP contribution >= 0.6 is 0 Å². The normalized spacial score (nSPS) is 20.1. The lowest BCUT2D eigenvalue weighted by molar-refractivity contribution is -0.121. The van der Waals surface area contributed by atoms with Crippen LogP contribution in [0.2, 0.25) is 0 Å². The van der Waals surface area contributed by atoms with Gasteiger partial charge in [-0.25, -0.2) is 5.01 Å². The minimum Gasteiger partial charge on any atom is -0.304 e. The standard InChI is InChI=1S/C10H19N3O/c1-3-4-5-10(14)11-13-8-6-12(2)7-9-13/h4-5H,3,6-9H2,1-2H3,(H,11,14). The quantitative estimate of drug-likeness (QED) is 0.658. The van der Waals surface area contributed by atoms with E-state index in [-0.39, 0.29) is 5.91 Å². The van der Waals surface area contributed by atoms with Crippen molar-refractivity contribution in [3.8, 4) is 0 Å². The number of hydrogen-bond acceptors (Lipinski definition) is 3. The Morgan fingerprint density at radius 3 is 2.57 bits per heavy atom. The Morgan fingerprint density at radius 2 is 2.00 bits per heavy atom. The van der Waals surface area contributed by atoms with Gasteiger partial charge in [-0.05, 0) is 13.5 Å². The molecule has 0 spiro atoms. The van der Waals surface area contributed by atoms with Gasteiger partial charge in [0.05, 0.1) is 0 Å². The third-order valence-electron chi connectivity index (χ3n) is 2.28. The van der Waals surface area contributed by atoms with E-state index in [9.17, 15) is 4.79 Å². The number of piperazine rings is 1. The molecule has 14 heavy (non-hydrogen) atoms. The van der Waals surface area contributed by atoms with Crippen LogP contribution in [0.5, 0.6) is 0 Å². The third-order valence-corrected chi connectivity index (χ3v) is 2.28. The predicted octanol–water partition coefficient (Wildman–Crippen LogP) is 0.231. The average molecular weight is 197 g/mol. The zero-order valence-corrected chi connectivity index (χ0v) is 8.99. The molecule has 1 aliphatic heterocycles. The van der Waals surface area contributed by atoms with Crippen LogP contribution < -0.4 is 5.43 Å². The van der Waals surface area contributed by atoms with Gasteiger partial charge < -0.3 is 4.90 Å². The summed E-state index contributed by atoms with van der Waals surface area (Å²) in [6.45, 7) is 5.85. The topological polar surface area (TPSA) is 35.6 Å². The summed E-state index contributed by atoms with van der Waals surface area (Å²) in [7, 11) is 2.09. The van der Waals surface area contributed by atoms with E-state index in [4.69, 9.17) is 0 Å². The van der Waals surface area contributed by atoms with Crippen molar-refractivity contribution >= 4 is 5.91 Å². The molecular weight excluding hydrogens is 178 g/mol. The van der Waals surface area contributed by atoms with Crippen molar-refractivity contribution in [2.45, 2.75) is 13.3 Å². The fourth-order valence-electron chi connectivity index (χ4n) is 1.34. The van der Waals surface area contributed by atoms with Crippen molar-refractivity contribution in [3.05, 3.63) is 12.2 Å². The first-order valence-corrected chi connectivity index (χ1v) is 5.13. The van der Waals surface area contributed by atoms with Crippen LogP contribution in [0.1, 0.15) is 13.3 Å². The van der Waals surface area contributed by atoms with E-state index in [0.717, 1.165) is 32.6 Å². The van der Waals surface area contributed by atoms with Gasteiger partial charge in [0.15, 0.2) is 0 Å². The second-order valence-electron chi connectivity index (χ2n) is 3.58. The Bertz CT molecular complexity index is 207. The molecule has 80 valence electrons. The predicted molar refractivity (Wildman–Crippen MR) is 56.6 cm³/mol. The van der Waals surface area contributed by atoms with E-state index in [1.54, 1.807) is 6.08 Å². The number of hydrogen-bond donors (Lipinski definition) is 1. The van der Waals surface area contributed by atoms with Crippen LogP contribution in [0.4, 0.5) is 0 Å². The fourth-order valence-corrected chi connectivity index (χ4v) is 1.34. The lowest BCUT2D eigenvalue weighted by Crippen LogP contribution is -2.52. The lowest BCUT2D eigenvalue weighted by Gasteiger charge is -2.31. The van der Waals surface area contributed by atoms with Gasteiger partial charge in [0.1, 0.15) is 0 Å². The smallest absolute Gasteiger partial charge is 0.257 e. The van der Waals surface area contributed by atoms with Crippen LogP contribution in [0.3, 0.4) is 0 Å². The Balaban J connectivity index is 2.24. The van der Waals surface area contributed by atoms with Gasteiger partial charge in [-0.15, -0.1) is 0 Å². The van der Waals surface area contributed by atoms with Gasteiger partial charge in [0.2, 0.25) is 0 Å². The molecule has 1 heterocycles. The summed E-state index contributed by atoms with van der Waals surface area (Å²) >= 11 is 0. The molecule has 0 unspecified atom stereocenters. The SMILES string of the molecule is CCC=CC(=O)NN1CCN(C)CC1. The van der Waals surface area contributed by atoms with Gasteiger partial charge in [-0.1, -0.05) is 13.0 Å². The molecule has 0 aromatic heterocycles. The molecule has 1 saturated heterocycles. The van der Waals surface area contributed by atoms with E-state index in [0.29, 0.717) is 0 Å². The summed E-state index contributed by atoms with van der Waals surface area (Å²) in [6, 6.07) is 0. The van der Waals surface area contributed by atoms with E-state index in [1.165, 1.54) is 0 Å². The van der Waals surface area contributed by atoms with Crippen molar-refractivity contribution in [2.75, 3.05) is 33.2 Å². The molecule has 0 aromatic rings. The molecule has 0 aliphatic carbocycles. The summed E-state index contributed by atoms with van der Waals surface area (Å²) < 4.78 is 0. The number of nitrogens with zero attached hydrogens (tertiary/aromatic N) is 2. The molecule has 1 amide bonds. The van der Waals surface area contributed by atoms with Gasteiger partial charge >= 0.3 is 0 Å². The average Bonchev–Trinajstić information content (AvgIpc) is 2.18. The summed E-state index contributed by atoms with van der Waals surface area (Å²) in [5.41, 5.74) is 2.86. The monoisotopic (exact) mass is 197 g/mol. The van der Waals surface area contributed by atoms with Gasteiger partial charge in [-0.3, -0.25) is 10.2 Å². The number of likely N-dealkylation sites (N-methyl/N-ethyl adjacent to an activating group) is 1. The molecule has 0 bridgehead atoms. The van der Waals surface area contributed by atoms with Gasteiger partial charge in [0.25, 0.3) is 5.91 Å². The lowest BCUT2D eigenvalue weighted by atomic mass is 10.4. The number of allylic oxidation sites excluding steroid dienone is 1. The van der Waals surface area contributed by atoms with Crippen molar-refractivity contribution in [2.24, 2.45) is 0 Å². The van der Waals surface area contributed by atoms with Crippen molar-refractivity contribution < 1.29 is 4.79 Å². The molecule has 4 heteroatoms. The van der Waals surface area contributed by atoms with Crippen molar-refractivity contribution in [1.29, 1.82) is 0 Å². The molecule has 1 rings (SSSR count). The third kappa shape index (κ3) is 3.89. The molecule has 1 aliphatic rings. The minimum absolute atomic E-state index is 0.0172. The fraction of sp³-hybridized carbons (Fsp3) is 0.700. The number of carbonyl (C=O) groups is 1. The number of nitrogens with one attached hydrogen (secondary N) is 1. The van der Waals surface area contributed by atoms with E-state index >= 15 is 0 Å². The van der Waals surface area contributed by atoms with Crippen LogP contribution in [-0.2, 0) is 4.79 Å². The molecule has 4 nitrogen and oxygen atoms in total. The first kappa shape index (κ1) is 11.2. The summed E-state index contributed by atoms with van der Waals surface area (Å²) in [5, 5.41) is 1.97. The molecule has 0 radical (unpaired) electrons. The van der Waals surface area contributed by atoms with Crippen molar-refractivity contribution in [1.82, 2.24) is 15.3 Å². The first-order chi connectivity index (χ1) is 6.72. The van der Waals surface area contributed by atoms with Gasteiger partial charge in [0, 0.05) is 32.3 Å². The highest BCUT2D eigenvalue weighted by Crippen LogP contribution is 1.95. The molecule has 0 atom stereocenters. The highest BCUT2D eigenvalue weighted by Gasteiger charge is 2.14. The maximum absolute atomic E-state index is 11.3. The number of hydrazine groups is 1. The van der Waals surface area contributed by atoms with Crippen molar-refractivity contribution in [3.63, 3.8) is 0 Å². The largest absolute Gasteiger partial charge is 0.304 e. The zero-order chi connectivity index (χ0) is 10.4. The Hall–Kier alpha value is -0.870. The van der Waals surface area contributed by atoms with Crippen LogP contribution in [0, 0.1) is 0 Å². The second-order valence-corrected chi connectivity index (χ2v) is 3.58. The maximum atomic E-state index is 11.3. The molecule has 0 saturated carbocycles. The number of amides is 1. The summed E-state index contributed by atoms with van der Waals surface area (Å²) in [4.78, 5) is 13.6. The van der Waals surface area contributed by atoms with E-state index < -0.39 is 0 Å². The maximum Gasteiger partial charge on any atom is 0.257 e. The molecule has 0 aromatic carbocycles. The molecular formula is C10H19N3O. The van der Waals surface area contributed by atoms with Crippen LogP contribution in [0.15, 0.2) is 12.2 Å². The highest BCUT2D eigenvalue weighted by atomic mass is 16.2. The summed E-state index contributed by atoms with van der Waals surface area (Å²) in [5.74, 6) is -0.0172. The Kier molecular flexibility index (Phi) is 4.62. The Morgan fingerprint density at radius 1 is 1.36 bits per heavy atom. The number of rotatable bonds is 3. The first-order valence-electron chi connectivity index (χ1n) is 5.13. The van der Waals surface area contributed by atoms with E-state index in [2.05, 4.69) is 17.4 Å². The molecule has 1 N–H and O–H groups in total. The summed E-state index contributed by atoms with van der Waals surface area (Å²) in [6.07, 6.45) is 4.36. The van der Waals surface area contributed by atoms with E-state index in [1.807, 2.05) is 18.0 Å². The highest BCUT2D eigenvalue weighted by molar-refractivity contribution is 5.86. The second kappa shape index (κ2) is 5.78. The minimum atomic E-state index is -0.0172.